The van der Waals surface area contributed by atoms with E-state index in [-0.39, 0.29) is 0 Å². The molecule has 0 aliphatic carbocycles. The van der Waals surface area contributed by atoms with Crippen LogP contribution < -0.4 is 0 Å². The van der Waals surface area contributed by atoms with E-state index < -0.39 is 0 Å². The Morgan fingerprint density at radius 3 is 1.49 bits per heavy atom. The van der Waals surface area contributed by atoms with Crippen molar-refractivity contribution in [2.75, 3.05) is 0 Å². The van der Waals surface area contributed by atoms with Gasteiger partial charge in [-0.2, -0.15) is 0 Å². The summed E-state index contributed by atoms with van der Waals surface area (Å²) < 4.78 is 1.18. The van der Waals surface area contributed by atoms with E-state index in [9.17, 15) is 0 Å². The lowest BCUT2D eigenvalue weighted by atomic mass is 9.99. The van der Waals surface area contributed by atoms with Gasteiger partial charge in [0.25, 0.3) is 0 Å². The molecule has 49 heavy (non-hydrogen) atoms. The molecule has 0 spiro atoms. The normalized spacial score (nSPS) is 11.3. The number of fused-ring (bicyclic) bond motifs is 3. The number of rotatable bonds is 6. The molecule has 0 radical (unpaired) electrons. The minimum atomic E-state index is 0.632. The molecule has 0 saturated carbocycles. The molecule has 2 aromatic heterocycles. The first-order chi connectivity index (χ1) is 24.2. The Morgan fingerprint density at radius 2 is 0.796 bits per heavy atom. The number of aromatic nitrogens is 4. The summed E-state index contributed by atoms with van der Waals surface area (Å²) in [7, 11) is 0. The van der Waals surface area contributed by atoms with E-state index in [2.05, 4.69) is 127 Å². The Labute approximate surface area is 288 Å². The molecule has 9 rings (SSSR count). The smallest absolute Gasteiger partial charge is 0.164 e. The van der Waals surface area contributed by atoms with E-state index in [1.165, 1.54) is 15.6 Å². The summed E-state index contributed by atoms with van der Waals surface area (Å²) in [5.41, 5.74) is 9.51. The molecular weight excluding hydrogens is 617 g/mol. The van der Waals surface area contributed by atoms with E-state index in [4.69, 9.17) is 19.9 Å². The molecule has 0 N–H and O–H groups in total. The zero-order chi connectivity index (χ0) is 32.6. The molecule has 0 aliphatic heterocycles. The van der Waals surface area contributed by atoms with Crippen LogP contribution in [0.1, 0.15) is 0 Å². The number of nitrogens with zero attached hydrogens (tertiary/aromatic N) is 4. The monoisotopic (exact) mass is 644 g/mol. The van der Waals surface area contributed by atoms with Crippen molar-refractivity contribution in [3.63, 3.8) is 0 Å². The van der Waals surface area contributed by atoms with E-state index in [0.717, 1.165) is 54.9 Å². The summed E-state index contributed by atoms with van der Waals surface area (Å²) in [6.45, 7) is 0. The fraction of sp³-hybridized carbons (Fsp3) is 0. The molecular formula is C44H28N4S. The second kappa shape index (κ2) is 12.4. The fourth-order valence-corrected chi connectivity index (χ4v) is 7.21. The van der Waals surface area contributed by atoms with Crippen molar-refractivity contribution in [3.8, 4) is 67.0 Å². The first-order valence-corrected chi connectivity index (χ1v) is 17.0. The van der Waals surface area contributed by atoms with Crippen molar-refractivity contribution in [3.05, 3.63) is 170 Å². The summed E-state index contributed by atoms with van der Waals surface area (Å²) in [5.74, 6) is 1.91. The third-order valence-electron chi connectivity index (χ3n) is 8.77. The number of hydrogen-bond acceptors (Lipinski definition) is 5. The van der Waals surface area contributed by atoms with Crippen LogP contribution in [0.5, 0.6) is 0 Å². The largest absolute Gasteiger partial charge is 0.235 e. The fourth-order valence-electron chi connectivity index (χ4n) is 6.22. The minimum Gasteiger partial charge on any atom is -0.235 e. The van der Waals surface area contributed by atoms with Gasteiger partial charge in [-0.3, -0.25) is 0 Å². The van der Waals surface area contributed by atoms with Crippen molar-refractivity contribution in [1.29, 1.82) is 0 Å². The summed E-state index contributed by atoms with van der Waals surface area (Å²) in [6, 6.07) is 58.8. The van der Waals surface area contributed by atoms with Gasteiger partial charge in [-0.1, -0.05) is 152 Å². The highest BCUT2D eigenvalue weighted by molar-refractivity contribution is 7.21. The Balaban J connectivity index is 1.12. The lowest BCUT2D eigenvalue weighted by Crippen LogP contribution is -2.00. The van der Waals surface area contributed by atoms with Crippen LogP contribution >= 0.6 is 11.3 Å². The summed E-state index contributed by atoms with van der Waals surface area (Å²) in [4.78, 5) is 20.1. The van der Waals surface area contributed by atoms with Gasteiger partial charge < -0.3 is 0 Å². The minimum absolute atomic E-state index is 0.632. The molecule has 0 saturated heterocycles. The summed E-state index contributed by atoms with van der Waals surface area (Å²) in [5, 5.41) is 3.35. The van der Waals surface area contributed by atoms with Crippen LogP contribution in [0, 0.1) is 0 Å². The highest BCUT2D eigenvalue weighted by Crippen LogP contribution is 2.37. The molecule has 0 bridgehead atoms. The average Bonchev–Trinajstić information content (AvgIpc) is 3.64. The van der Waals surface area contributed by atoms with Crippen LogP contribution in [-0.2, 0) is 0 Å². The van der Waals surface area contributed by atoms with Gasteiger partial charge in [0.1, 0.15) is 5.01 Å². The Morgan fingerprint density at radius 1 is 0.327 bits per heavy atom. The molecule has 0 fully saturated rings. The van der Waals surface area contributed by atoms with Crippen molar-refractivity contribution in [1.82, 2.24) is 19.9 Å². The van der Waals surface area contributed by atoms with Gasteiger partial charge in [-0.25, -0.2) is 19.9 Å². The molecule has 4 nitrogen and oxygen atoms in total. The van der Waals surface area contributed by atoms with Crippen molar-refractivity contribution in [2.24, 2.45) is 0 Å². The van der Waals surface area contributed by atoms with Crippen LogP contribution in [-0.4, -0.2) is 19.9 Å². The topological polar surface area (TPSA) is 51.6 Å². The molecule has 5 heteroatoms. The van der Waals surface area contributed by atoms with Gasteiger partial charge in [-0.15, -0.1) is 11.3 Å². The SMILES string of the molecule is c1ccc(-c2ccc(-c3nc(-c4ccccc4)nc(-c4cccc(-c5ccc6ccc7sc(-c8ccccc8)nc7c6c5)c4)n3)cc2)cc1. The highest BCUT2D eigenvalue weighted by Gasteiger charge is 2.15. The van der Waals surface area contributed by atoms with Gasteiger partial charge in [0.2, 0.25) is 0 Å². The molecule has 7 aromatic carbocycles. The number of hydrogen-bond donors (Lipinski definition) is 0. The molecule has 2 heterocycles. The van der Waals surface area contributed by atoms with E-state index >= 15 is 0 Å². The predicted molar refractivity (Wildman–Crippen MR) is 203 cm³/mol. The molecule has 0 aliphatic rings. The van der Waals surface area contributed by atoms with Gasteiger partial charge >= 0.3 is 0 Å². The third-order valence-corrected chi connectivity index (χ3v) is 9.84. The summed E-state index contributed by atoms with van der Waals surface area (Å²) in [6.07, 6.45) is 0. The molecule has 0 atom stereocenters. The number of benzene rings is 7. The first-order valence-electron chi connectivity index (χ1n) is 16.2. The van der Waals surface area contributed by atoms with E-state index in [0.29, 0.717) is 17.5 Å². The quantitative estimate of drug-likeness (QED) is 0.181. The van der Waals surface area contributed by atoms with Gasteiger partial charge in [0, 0.05) is 27.6 Å². The average molecular weight is 645 g/mol. The van der Waals surface area contributed by atoms with E-state index in [1.54, 1.807) is 11.3 Å². The maximum atomic E-state index is 5.10. The van der Waals surface area contributed by atoms with E-state index in [1.807, 2.05) is 42.5 Å². The molecule has 230 valence electrons. The first kappa shape index (κ1) is 28.9. The Kier molecular flexibility index (Phi) is 7.30. The van der Waals surface area contributed by atoms with Crippen LogP contribution in [0.2, 0.25) is 0 Å². The summed E-state index contributed by atoms with van der Waals surface area (Å²) >= 11 is 1.73. The zero-order valence-corrected chi connectivity index (χ0v) is 27.2. The maximum absolute atomic E-state index is 5.10. The zero-order valence-electron chi connectivity index (χ0n) is 26.4. The van der Waals surface area contributed by atoms with Crippen molar-refractivity contribution in [2.45, 2.75) is 0 Å². The molecule has 0 amide bonds. The van der Waals surface area contributed by atoms with Gasteiger partial charge in [0.15, 0.2) is 17.5 Å². The van der Waals surface area contributed by atoms with Gasteiger partial charge in [0.05, 0.1) is 10.2 Å². The predicted octanol–water partition coefficient (Wildman–Crippen LogP) is 11.6. The van der Waals surface area contributed by atoms with Gasteiger partial charge in [-0.05, 0) is 45.8 Å². The van der Waals surface area contributed by atoms with Crippen LogP contribution in [0.15, 0.2) is 170 Å². The lowest BCUT2D eigenvalue weighted by molar-refractivity contribution is 1.07. The third kappa shape index (κ3) is 5.67. The molecule has 0 unspecified atom stereocenters. The lowest BCUT2D eigenvalue weighted by Gasteiger charge is -2.10. The standard InChI is InChI=1S/C44H28N4S/c1-4-11-29(12-5-1)30-19-22-33(23-20-30)42-46-41(32-13-6-2-7-14-32)47-43(48-42)37-18-10-17-35(27-37)36-24-21-31-25-26-39-40(38(31)28-36)45-44(49-39)34-15-8-3-9-16-34/h1-28H. The maximum Gasteiger partial charge on any atom is 0.164 e. The Hall–Kier alpha value is -6.30. The van der Waals surface area contributed by atoms with Crippen molar-refractivity contribution >= 4 is 32.3 Å². The second-order valence-corrected chi connectivity index (χ2v) is 13.0. The Bertz CT molecular complexity index is 2580. The molecule has 9 aromatic rings. The van der Waals surface area contributed by atoms with Crippen LogP contribution in [0.3, 0.4) is 0 Å². The second-order valence-electron chi connectivity index (χ2n) is 11.9. The highest BCUT2D eigenvalue weighted by atomic mass is 32.1. The number of thiazole rings is 1. The van der Waals surface area contributed by atoms with Crippen LogP contribution in [0.25, 0.3) is 88.0 Å². The van der Waals surface area contributed by atoms with Crippen molar-refractivity contribution < 1.29 is 0 Å². The van der Waals surface area contributed by atoms with Crippen LogP contribution in [0.4, 0.5) is 0 Å².